The number of carbonyl (C=O) groups excluding carboxylic acids is 1. The summed E-state index contributed by atoms with van der Waals surface area (Å²) in [5, 5.41) is 15.7. The molecule has 2 saturated heterocycles. The fourth-order valence-corrected chi connectivity index (χ4v) is 4.64. The van der Waals surface area contributed by atoms with Gasteiger partial charge in [-0.25, -0.2) is 0 Å². The number of amides is 1. The third kappa shape index (κ3) is 5.02. The minimum Gasteiger partial charge on any atom is -0.369 e. The molecule has 2 aliphatic heterocycles. The van der Waals surface area contributed by atoms with E-state index in [9.17, 15) is 14.9 Å². The monoisotopic (exact) mass is 476 g/mol. The highest BCUT2D eigenvalue weighted by Crippen LogP contribution is 2.28. The predicted octanol–water partition coefficient (Wildman–Crippen LogP) is 3.51. The summed E-state index contributed by atoms with van der Waals surface area (Å²) in [6, 6.07) is 12.9. The number of benzene rings is 2. The summed E-state index contributed by atoms with van der Waals surface area (Å²) in [5.74, 6) is 0.901. The Morgan fingerprint density at radius 1 is 1.03 bits per heavy atom. The van der Waals surface area contributed by atoms with Crippen molar-refractivity contribution < 1.29 is 14.2 Å². The van der Waals surface area contributed by atoms with Crippen LogP contribution in [0.15, 0.2) is 47.0 Å². The van der Waals surface area contributed by atoms with Crippen LogP contribution in [0, 0.1) is 17.0 Å². The molecule has 0 N–H and O–H groups in total. The third-order valence-electron chi connectivity index (χ3n) is 6.67. The number of likely N-dealkylation sites (tertiary alicyclic amines) is 1. The topological polar surface area (TPSA) is 109 Å². The lowest BCUT2D eigenvalue weighted by atomic mass is 10.1. The molecule has 5 rings (SSSR count). The van der Waals surface area contributed by atoms with Crippen molar-refractivity contribution in [2.45, 2.75) is 26.3 Å². The van der Waals surface area contributed by atoms with Crippen LogP contribution < -0.4 is 4.90 Å². The van der Waals surface area contributed by atoms with E-state index in [4.69, 9.17) is 4.52 Å². The van der Waals surface area contributed by atoms with E-state index in [2.05, 4.69) is 19.9 Å². The van der Waals surface area contributed by atoms with Gasteiger partial charge in [-0.2, -0.15) is 4.98 Å². The zero-order valence-electron chi connectivity index (χ0n) is 19.7. The lowest BCUT2D eigenvalue weighted by Gasteiger charge is -2.35. The summed E-state index contributed by atoms with van der Waals surface area (Å²) >= 11 is 0. The number of aromatic nitrogens is 2. The molecule has 1 amide bonds. The molecule has 35 heavy (non-hydrogen) atoms. The second-order valence-electron chi connectivity index (χ2n) is 9.10. The fraction of sp³-hybridized carbons (Fsp3) is 0.400. The second kappa shape index (κ2) is 9.83. The van der Waals surface area contributed by atoms with Crippen molar-refractivity contribution in [1.82, 2.24) is 19.9 Å². The quantitative estimate of drug-likeness (QED) is 0.393. The number of carbonyl (C=O) groups is 1. The van der Waals surface area contributed by atoms with Gasteiger partial charge in [0.05, 0.1) is 11.5 Å². The third-order valence-corrected chi connectivity index (χ3v) is 6.67. The molecule has 2 aromatic carbocycles. The van der Waals surface area contributed by atoms with Crippen LogP contribution in [-0.2, 0) is 6.54 Å². The van der Waals surface area contributed by atoms with Crippen LogP contribution in [0.25, 0.3) is 11.4 Å². The Labute approximate surface area is 203 Å². The number of hydrogen-bond acceptors (Lipinski definition) is 8. The van der Waals surface area contributed by atoms with Crippen molar-refractivity contribution >= 4 is 17.3 Å². The van der Waals surface area contributed by atoms with Crippen LogP contribution in [0.1, 0.15) is 34.7 Å². The van der Waals surface area contributed by atoms with Crippen LogP contribution in [0.5, 0.6) is 0 Å². The zero-order chi connectivity index (χ0) is 24.4. The number of nitro benzene ring substituents is 1. The Morgan fingerprint density at radius 2 is 1.74 bits per heavy atom. The van der Waals surface area contributed by atoms with Crippen LogP contribution in [0.3, 0.4) is 0 Å². The Kier molecular flexibility index (Phi) is 6.45. The number of nitro groups is 1. The van der Waals surface area contributed by atoms with Crippen molar-refractivity contribution in [3.63, 3.8) is 0 Å². The lowest BCUT2D eigenvalue weighted by molar-refractivity contribution is -0.385. The lowest BCUT2D eigenvalue weighted by Crippen LogP contribution is -2.46. The van der Waals surface area contributed by atoms with Gasteiger partial charge in [-0.1, -0.05) is 35.0 Å². The van der Waals surface area contributed by atoms with Gasteiger partial charge in [0.1, 0.15) is 5.56 Å². The van der Waals surface area contributed by atoms with Crippen molar-refractivity contribution in [2.75, 3.05) is 44.2 Å². The average Bonchev–Trinajstić information content (AvgIpc) is 3.57. The van der Waals surface area contributed by atoms with E-state index in [0.717, 1.165) is 50.3 Å². The normalized spacial score (nSPS) is 16.6. The van der Waals surface area contributed by atoms with Crippen molar-refractivity contribution in [3.8, 4) is 11.4 Å². The maximum Gasteiger partial charge on any atom is 0.282 e. The number of aryl methyl sites for hydroxylation is 1. The Morgan fingerprint density at radius 3 is 2.43 bits per heavy atom. The van der Waals surface area contributed by atoms with Gasteiger partial charge < -0.3 is 14.3 Å². The fourth-order valence-electron chi connectivity index (χ4n) is 4.64. The molecular formula is C25H28N6O4. The highest BCUT2D eigenvalue weighted by molar-refractivity contribution is 5.99. The second-order valence-corrected chi connectivity index (χ2v) is 9.10. The summed E-state index contributed by atoms with van der Waals surface area (Å²) in [5.41, 5.74) is 2.97. The smallest absolute Gasteiger partial charge is 0.282 e. The molecule has 0 radical (unpaired) electrons. The highest BCUT2D eigenvalue weighted by Gasteiger charge is 2.28. The molecule has 3 aromatic rings. The molecular weight excluding hydrogens is 448 g/mol. The van der Waals surface area contributed by atoms with Gasteiger partial charge in [0.2, 0.25) is 11.7 Å². The van der Waals surface area contributed by atoms with Gasteiger partial charge in [-0.3, -0.25) is 19.8 Å². The zero-order valence-corrected chi connectivity index (χ0v) is 19.7. The number of piperazine rings is 1. The SMILES string of the molecule is Cc1ccc(-c2noc(CN3CCN(c4ccc([N+](=O)[O-])c(C(=O)N5CCCC5)c4)CC3)n2)cc1. The molecule has 182 valence electrons. The minimum atomic E-state index is -0.472. The van der Waals surface area contributed by atoms with E-state index in [1.54, 1.807) is 17.0 Å². The Bertz CT molecular complexity index is 1210. The van der Waals surface area contributed by atoms with Gasteiger partial charge in [0.25, 0.3) is 11.6 Å². The standard InChI is InChI=1S/C25H28N6O4/c1-18-4-6-19(7-5-18)24-26-23(35-27-24)17-28-12-14-29(15-13-28)20-8-9-22(31(33)34)21(16-20)25(32)30-10-2-3-11-30/h4-9,16H,2-3,10-15,17H2,1H3. The van der Waals surface area contributed by atoms with E-state index < -0.39 is 4.92 Å². The molecule has 1 aromatic heterocycles. The predicted molar refractivity (Wildman–Crippen MR) is 130 cm³/mol. The van der Waals surface area contributed by atoms with Crippen LogP contribution >= 0.6 is 0 Å². The molecule has 0 aliphatic carbocycles. The maximum absolute atomic E-state index is 13.0. The molecule has 2 aliphatic rings. The van der Waals surface area contributed by atoms with Gasteiger partial charge in [-0.15, -0.1) is 0 Å². The number of rotatable bonds is 6. The first-order chi connectivity index (χ1) is 17.0. The van der Waals surface area contributed by atoms with Gasteiger partial charge >= 0.3 is 0 Å². The van der Waals surface area contributed by atoms with E-state index in [1.807, 2.05) is 31.2 Å². The summed E-state index contributed by atoms with van der Waals surface area (Å²) < 4.78 is 5.47. The van der Waals surface area contributed by atoms with Gasteiger partial charge in [0, 0.05) is 56.6 Å². The maximum atomic E-state index is 13.0. The van der Waals surface area contributed by atoms with Gasteiger partial charge in [-0.05, 0) is 31.9 Å². The molecule has 10 nitrogen and oxygen atoms in total. The van der Waals surface area contributed by atoms with Crippen molar-refractivity contribution in [3.05, 3.63) is 69.6 Å². The highest BCUT2D eigenvalue weighted by atomic mass is 16.6. The van der Waals surface area contributed by atoms with Crippen LogP contribution in [0.2, 0.25) is 0 Å². The first kappa shape index (κ1) is 23.0. The largest absolute Gasteiger partial charge is 0.369 e. The minimum absolute atomic E-state index is 0.134. The van der Waals surface area contributed by atoms with E-state index in [1.165, 1.54) is 11.6 Å². The number of hydrogen-bond donors (Lipinski definition) is 0. The molecule has 0 unspecified atom stereocenters. The molecule has 2 fully saturated rings. The Hall–Kier alpha value is -3.79. The summed E-state index contributed by atoms with van der Waals surface area (Å²) in [4.78, 5) is 34.7. The Balaban J connectivity index is 1.23. The van der Waals surface area contributed by atoms with E-state index in [-0.39, 0.29) is 17.2 Å². The van der Waals surface area contributed by atoms with Crippen molar-refractivity contribution in [1.29, 1.82) is 0 Å². The summed E-state index contributed by atoms with van der Waals surface area (Å²) in [6.45, 7) is 6.91. The number of anilines is 1. The molecule has 0 atom stereocenters. The van der Waals surface area contributed by atoms with Crippen LogP contribution in [0.4, 0.5) is 11.4 Å². The van der Waals surface area contributed by atoms with E-state index >= 15 is 0 Å². The molecule has 0 spiro atoms. The summed E-state index contributed by atoms with van der Waals surface area (Å²) in [7, 11) is 0. The summed E-state index contributed by atoms with van der Waals surface area (Å²) in [6.07, 6.45) is 1.88. The molecule has 0 bridgehead atoms. The van der Waals surface area contributed by atoms with Gasteiger partial charge in [0.15, 0.2) is 0 Å². The van der Waals surface area contributed by atoms with Crippen LogP contribution in [-0.4, -0.2) is 70.0 Å². The van der Waals surface area contributed by atoms with Crippen molar-refractivity contribution in [2.24, 2.45) is 0 Å². The molecule has 3 heterocycles. The number of nitrogens with zero attached hydrogens (tertiary/aromatic N) is 6. The molecule has 0 saturated carbocycles. The first-order valence-electron chi connectivity index (χ1n) is 11.9. The first-order valence-corrected chi connectivity index (χ1v) is 11.9. The molecule has 10 heteroatoms. The average molecular weight is 477 g/mol. The van der Waals surface area contributed by atoms with E-state index in [0.29, 0.717) is 31.3 Å².